The molecule has 0 unspecified atom stereocenters. The van der Waals surface area contributed by atoms with Crippen molar-refractivity contribution in [3.8, 4) is 0 Å². The summed E-state index contributed by atoms with van der Waals surface area (Å²) in [5.74, 6) is 0. The third kappa shape index (κ3) is 2.19. The van der Waals surface area contributed by atoms with E-state index in [1.165, 1.54) is 0 Å². The van der Waals surface area contributed by atoms with Crippen LogP contribution in [0, 0.1) is 0 Å². The second kappa shape index (κ2) is 4.42. The van der Waals surface area contributed by atoms with E-state index in [1.54, 1.807) is 0 Å². The SMILES string of the molecule is C[C@H]1O[C@H](CO)CC[C@H]1NC=O. The first-order chi connectivity index (χ1) is 5.77. The van der Waals surface area contributed by atoms with Gasteiger partial charge in [0.25, 0.3) is 0 Å². The summed E-state index contributed by atoms with van der Waals surface area (Å²) in [6.07, 6.45) is 2.34. The minimum atomic E-state index is -0.0512. The number of carbonyl (C=O) groups is 1. The fraction of sp³-hybridized carbons (Fsp3) is 0.875. The van der Waals surface area contributed by atoms with E-state index in [4.69, 9.17) is 9.84 Å². The zero-order valence-electron chi connectivity index (χ0n) is 7.19. The lowest BCUT2D eigenvalue weighted by Gasteiger charge is -2.33. The van der Waals surface area contributed by atoms with E-state index in [-0.39, 0.29) is 24.9 Å². The summed E-state index contributed by atoms with van der Waals surface area (Å²) in [6.45, 7) is 1.97. The van der Waals surface area contributed by atoms with Crippen LogP contribution in [-0.2, 0) is 9.53 Å². The molecule has 2 N–H and O–H groups in total. The average molecular weight is 173 g/mol. The van der Waals surface area contributed by atoms with Crippen LogP contribution in [0.2, 0.25) is 0 Å². The van der Waals surface area contributed by atoms with Gasteiger partial charge in [-0.25, -0.2) is 0 Å². The first kappa shape index (κ1) is 9.48. The van der Waals surface area contributed by atoms with E-state index in [1.807, 2.05) is 6.92 Å². The van der Waals surface area contributed by atoms with Crippen molar-refractivity contribution in [3.05, 3.63) is 0 Å². The third-order valence-electron chi connectivity index (χ3n) is 2.26. The highest BCUT2D eigenvalue weighted by Gasteiger charge is 2.26. The summed E-state index contributed by atoms with van der Waals surface area (Å²) in [5.41, 5.74) is 0. The van der Waals surface area contributed by atoms with Crippen molar-refractivity contribution in [2.24, 2.45) is 0 Å². The third-order valence-corrected chi connectivity index (χ3v) is 2.26. The zero-order valence-corrected chi connectivity index (χ0v) is 7.19. The topological polar surface area (TPSA) is 58.6 Å². The highest BCUT2D eigenvalue weighted by molar-refractivity contribution is 5.46. The van der Waals surface area contributed by atoms with Crippen molar-refractivity contribution >= 4 is 6.41 Å². The Morgan fingerprint density at radius 3 is 2.92 bits per heavy atom. The van der Waals surface area contributed by atoms with Crippen molar-refractivity contribution < 1.29 is 14.6 Å². The Morgan fingerprint density at radius 1 is 1.67 bits per heavy atom. The van der Waals surface area contributed by atoms with Crippen LogP contribution >= 0.6 is 0 Å². The summed E-state index contributed by atoms with van der Waals surface area (Å²) in [6, 6.07) is 0.102. The highest BCUT2D eigenvalue weighted by Crippen LogP contribution is 2.18. The molecule has 1 aliphatic rings. The van der Waals surface area contributed by atoms with Crippen LogP contribution in [0.5, 0.6) is 0 Å². The van der Waals surface area contributed by atoms with Gasteiger partial charge in [0.1, 0.15) is 0 Å². The molecular formula is C8H15NO3. The van der Waals surface area contributed by atoms with Crippen LogP contribution < -0.4 is 5.32 Å². The predicted molar refractivity (Wildman–Crippen MR) is 43.6 cm³/mol. The van der Waals surface area contributed by atoms with Gasteiger partial charge in [-0.15, -0.1) is 0 Å². The van der Waals surface area contributed by atoms with Crippen LogP contribution in [-0.4, -0.2) is 36.4 Å². The summed E-state index contributed by atoms with van der Waals surface area (Å²) < 4.78 is 5.43. The van der Waals surface area contributed by atoms with E-state index in [0.29, 0.717) is 6.41 Å². The van der Waals surface area contributed by atoms with Crippen molar-refractivity contribution in [1.29, 1.82) is 0 Å². The Labute approximate surface area is 71.9 Å². The molecule has 0 aromatic rings. The molecule has 0 aliphatic carbocycles. The average Bonchev–Trinajstić information content (AvgIpc) is 2.09. The number of hydrogen-bond acceptors (Lipinski definition) is 3. The normalized spacial score (nSPS) is 36.0. The lowest BCUT2D eigenvalue weighted by Crippen LogP contribution is -2.46. The van der Waals surface area contributed by atoms with Gasteiger partial charge in [-0.2, -0.15) is 0 Å². The van der Waals surface area contributed by atoms with Gasteiger partial charge in [0.05, 0.1) is 24.9 Å². The fourth-order valence-electron chi connectivity index (χ4n) is 1.51. The number of amides is 1. The highest BCUT2D eigenvalue weighted by atomic mass is 16.5. The second-order valence-electron chi connectivity index (χ2n) is 3.11. The molecule has 1 amide bonds. The van der Waals surface area contributed by atoms with Crippen molar-refractivity contribution in [1.82, 2.24) is 5.32 Å². The van der Waals surface area contributed by atoms with Crippen molar-refractivity contribution in [3.63, 3.8) is 0 Å². The number of carbonyl (C=O) groups excluding carboxylic acids is 1. The van der Waals surface area contributed by atoms with Crippen LogP contribution in [0.1, 0.15) is 19.8 Å². The summed E-state index contributed by atoms with van der Waals surface area (Å²) >= 11 is 0. The molecule has 1 saturated heterocycles. The molecule has 4 heteroatoms. The number of ether oxygens (including phenoxy) is 1. The molecule has 1 heterocycles. The molecule has 4 nitrogen and oxygen atoms in total. The molecule has 3 atom stereocenters. The lowest BCUT2D eigenvalue weighted by atomic mass is 10.00. The second-order valence-corrected chi connectivity index (χ2v) is 3.11. The molecule has 12 heavy (non-hydrogen) atoms. The smallest absolute Gasteiger partial charge is 0.207 e. The Kier molecular flexibility index (Phi) is 3.49. The molecule has 0 spiro atoms. The molecule has 1 rings (SSSR count). The van der Waals surface area contributed by atoms with Crippen LogP contribution in [0.4, 0.5) is 0 Å². The van der Waals surface area contributed by atoms with E-state index in [0.717, 1.165) is 12.8 Å². The predicted octanol–water partition coefficient (Wildman–Crippen LogP) is -0.339. The summed E-state index contributed by atoms with van der Waals surface area (Å²) in [7, 11) is 0. The number of hydrogen-bond donors (Lipinski definition) is 2. The first-order valence-electron chi connectivity index (χ1n) is 4.24. The number of aliphatic hydroxyl groups is 1. The molecular weight excluding hydrogens is 158 g/mol. The summed E-state index contributed by atoms with van der Waals surface area (Å²) in [5, 5.41) is 11.5. The van der Waals surface area contributed by atoms with E-state index >= 15 is 0 Å². The van der Waals surface area contributed by atoms with Crippen LogP contribution in [0.3, 0.4) is 0 Å². The van der Waals surface area contributed by atoms with Crippen LogP contribution in [0.25, 0.3) is 0 Å². The van der Waals surface area contributed by atoms with Gasteiger partial charge in [0.2, 0.25) is 6.41 Å². The monoisotopic (exact) mass is 173 g/mol. The quantitative estimate of drug-likeness (QED) is 0.574. The van der Waals surface area contributed by atoms with Crippen molar-refractivity contribution in [2.45, 2.75) is 38.0 Å². The van der Waals surface area contributed by atoms with Gasteiger partial charge in [-0.1, -0.05) is 0 Å². The van der Waals surface area contributed by atoms with Gasteiger partial charge in [0, 0.05) is 0 Å². The Hall–Kier alpha value is -0.610. The number of nitrogens with one attached hydrogen (secondary N) is 1. The van der Waals surface area contributed by atoms with E-state index in [2.05, 4.69) is 5.32 Å². The first-order valence-corrected chi connectivity index (χ1v) is 4.24. The maximum atomic E-state index is 10.2. The Bertz CT molecular complexity index is 151. The Morgan fingerprint density at radius 2 is 2.42 bits per heavy atom. The Balaban J connectivity index is 2.36. The lowest BCUT2D eigenvalue weighted by molar-refractivity contribution is -0.115. The van der Waals surface area contributed by atoms with Gasteiger partial charge in [0.15, 0.2) is 0 Å². The van der Waals surface area contributed by atoms with E-state index in [9.17, 15) is 4.79 Å². The number of rotatable bonds is 3. The molecule has 0 radical (unpaired) electrons. The van der Waals surface area contributed by atoms with E-state index < -0.39 is 0 Å². The molecule has 0 saturated carbocycles. The largest absolute Gasteiger partial charge is 0.394 e. The number of aliphatic hydroxyl groups excluding tert-OH is 1. The minimum Gasteiger partial charge on any atom is -0.394 e. The molecule has 0 aromatic heterocycles. The molecule has 0 aromatic carbocycles. The molecule has 1 fully saturated rings. The van der Waals surface area contributed by atoms with Gasteiger partial charge in [-0.05, 0) is 19.8 Å². The molecule has 1 aliphatic heterocycles. The maximum Gasteiger partial charge on any atom is 0.207 e. The van der Waals surface area contributed by atoms with Gasteiger partial charge in [-0.3, -0.25) is 4.79 Å². The molecule has 70 valence electrons. The zero-order chi connectivity index (χ0) is 8.97. The fourth-order valence-corrected chi connectivity index (χ4v) is 1.51. The standard InChI is InChI=1S/C8H15NO3/c1-6-8(9-5-11)3-2-7(4-10)12-6/h5-8,10H,2-4H2,1H3,(H,9,11)/t6-,7+,8-/m1/s1. The van der Waals surface area contributed by atoms with Gasteiger partial charge < -0.3 is 15.2 Å². The maximum absolute atomic E-state index is 10.2. The van der Waals surface area contributed by atoms with Crippen LogP contribution in [0.15, 0.2) is 0 Å². The minimum absolute atomic E-state index is 0.00102. The molecule has 0 bridgehead atoms. The summed E-state index contributed by atoms with van der Waals surface area (Å²) in [4.78, 5) is 10.2. The van der Waals surface area contributed by atoms with Gasteiger partial charge >= 0.3 is 0 Å². The van der Waals surface area contributed by atoms with Crippen molar-refractivity contribution in [2.75, 3.05) is 6.61 Å².